The van der Waals surface area contributed by atoms with Gasteiger partial charge in [0, 0.05) is 47.4 Å². The molecule has 0 bridgehead atoms. The summed E-state index contributed by atoms with van der Waals surface area (Å²) in [7, 11) is 3.24. The summed E-state index contributed by atoms with van der Waals surface area (Å²) in [6.07, 6.45) is 0. The van der Waals surface area contributed by atoms with Crippen molar-refractivity contribution < 1.29 is 14.4 Å². The number of nitro benzene ring substituents is 1. The Hall–Kier alpha value is -2.12. The summed E-state index contributed by atoms with van der Waals surface area (Å²) in [6.45, 7) is 1.87. The number of benzene rings is 2. The Morgan fingerprint density at radius 2 is 2.00 bits per heavy atom. The van der Waals surface area contributed by atoms with Crippen molar-refractivity contribution in [2.24, 2.45) is 0 Å². The zero-order valence-electron chi connectivity index (χ0n) is 13.4. The maximum Gasteiger partial charge on any atom is 0.275 e. The molecule has 0 spiro atoms. The molecule has 6 nitrogen and oxygen atoms in total. The maximum atomic E-state index is 11.3. The van der Waals surface area contributed by atoms with Gasteiger partial charge in [0.25, 0.3) is 5.69 Å². The van der Waals surface area contributed by atoms with Crippen molar-refractivity contribution in [2.45, 2.75) is 19.6 Å². The average Bonchev–Trinajstić information content (AvgIpc) is 2.96. The Labute approximate surface area is 148 Å². The Bertz CT molecular complexity index is 794. The number of nitrogens with zero attached hydrogens (tertiary/aromatic N) is 2. The molecule has 7 heteroatoms. The molecule has 0 N–H and O–H groups in total. The first-order valence-corrected chi connectivity index (χ1v) is 8.20. The summed E-state index contributed by atoms with van der Waals surface area (Å²) < 4.78 is 11.4. The van der Waals surface area contributed by atoms with E-state index >= 15 is 0 Å². The van der Waals surface area contributed by atoms with Crippen LogP contribution in [0.2, 0.25) is 0 Å². The number of halogens is 1. The predicted octanol–water partition coefficient (Wildman–Crippen LogP) is 3.89. The molecule has 2 aromatic carbocycles. The van der Waals surface area contributed by atoms with Crippen molar-refractivity contribution in [1.82, 2.24) is 4.90 Å². The molecule has 0 unspecified atom stereocenters. The van der Waals surface area contributed by atoms with E-state index in [0.717, 1.165) is 32.7 Å². The minimum Gasteiger partial charge on any atom is -0.497 e. The lowest BCUT2D eigenvalue weighted by atomic mass is 10.1. The Balaban J connectivity index is 1.84. The lowest BCUT2D eigenvalue weighted by Crippen LogP contribution is -2.16. The Morgan fingerprint density at radius 1 is 1.21 bits per heavy atom. The van der Waals surface area contributed by atoms with Gasteiger partial charge in [-0.1, -0.05) is 22.0 Å². The standard InChI is InChI=1S/C17H17BrN2O4/c1-23-14-4-3-11(17(7-14)24-2)8-19-9-12-5-13(18)6-16(20(21)22)15(12)10-19/h3-7H,8-10H2,1-2H3. The third-order valence-electron chi connectivity index (χ3n) is 4.14. The third kappa shape index (κ3) is 3.22. The summed E-state index contributed by atoms with van der Waals surface area (Å²) in [5, 5.41) is 11.3. The van der Waals surface area contributed by atoms with Gasteiger partial charge >= 0.3 is 0 Å². The average molecular weight is 393 g/mol. The van der Waals surface area contributed by atoms with Crippen molar-refractivity contribution in [1.29, 1.82) is 0 Å². The van der Waals surface area contributed by atoms with Crippen LogP contribution in [0, 0.1) is 10.1 Å². The predicted molar refractivity (Wildman–Crippen MR) is 93.3 cm³/mol. The van der Waals surface area contributed by atoms with Crippen LogP contribution in [0.4, 0.5) is 5.69 Å². The van der Waals surface area contributed by atoms with Gasteiger partial charge in [-0.2, -0.15) is 0 Å². The van der Waals surface area contributed by atoms with Gasteiger partial charge in [-0.15, -0.1) is 0 Å². The molecule has 1 aliphatic heterocycles. The molecule has 126 valence electrons. The molecule has 1 aliphatic rings. The van der Waals surface area contributed by atoms with E-state index in [1.54, 1.807) is 20.3 Å². The van der Waals surface area contributed by atoms with Gasteiger partial charge < -0.3 is 9.47 Å². The van der Waals surface area contributed by atoms with Crippen molar-refractivity contribution in [3.8, 4) is 11.5 Å². The SMILES string of the molecule is COc1ccc(CN2Cc3cc(Br)cc([N+](=O)[O-])c3C2)c(OC)c1. The normalized spacial score (nSPS) is 13.6. The van der Waals surface area contributed by atoms with Crippen LogP contribution in [0.3, 0.4) is 0 Å². The van der Waals surface area contributed by atoms with E-state index in [-0.39, 0.29) is 10.6 Å². The van der Waals surface area contributed by atoms with Crippen molar-refractivity contribution >= 4 is 21.6 Å². The summed E-state index contributed by atoms with van der Waals surface area (Å²) in [6, 6.07) is 9.21. The molecular weight excluding hydrogens is 376 g/mol. The van der Waals surface area contributed by atoms with Crippen LogP contribution in [-0.4, -0.2) is 24.0 Å². The minimum atomic E-state index is -0.318. The third-order valence-corrected chi connectivity index (χ3v) is 4.60. The summed E-state index contributed by atoms with van der Waals surface area (Å²) >= 11 is 3.35. The fraction of sp³-hybridized carbons (Fsp3) is 0.294. The van der Waals surface area contributed by atoms with E-state index in [0.29, 0.717) is 19.6 Å². The fourth-order valence-corrected chi connectivity index (χ4v) is 3.51. The number of methoxy groups -OCH3 is 2. The molecule has 0 atom stereocenters. The van der Waals surface area contributed by atoms with E-state index in [2.05, 4.69) is 20.8 Å². The van der Waals surface area contributed by atoms with Gasteiger partial charge in [-0.25, -0.2) is 0 Å². The van der Waals surface area contributed by atoms with Crippen LogP contribution in [0.25, 0.3) is 0 Å². The van der Waals surface area contributed by atoms with Gasteiger partial charge in [0.1, 0.15) is 11.5 Å². The molecule has 24 heavy (non-hydrogen) atoms. The molecule has 0 fully saturated rings. The fourth-order valence-electron chi connectivity index (χ4n) is 3.02. The first kappa shape index (κ1) is 16.7. The topological polar surface area (TPSA) is 64.8 Å². The lowest BCUT2D eigenvalue weighted by Gasteiger charge is -2.17. The lowest BCUT2D eigenvalue weighted by molar-refractivity contribution is -0.385. The minimum absolute atomic E-state index is 0.170. The summed E-state index contributed by atoms with van der Waals surface area (Å²) in [4.78, 5) is 13.1. The van der Waals surface area contributed by atoms with Crippen LogP contribution in [0.1, 0.15) is 16.7 Å². The molecule has 2 aromatic rings. The smallest absolute Gasteiger partial charge is 0.275 e. The van der Waals surface area contributed by atoms with Gasteiger partial charge in [-0.05, 0) is 17.7 Å². The highest BCUT2D eigenvalue weighted by molar-refractivity contribution is 9.10. The number of ether oxygens (including phenoxy) is 2. The summed E-state index contributed by atoms with van der Waals surface area (Å²) in [5.74, 6) is 1.49. The van der Waals surface area contributed by atoms with Crippen LogP contribution in [0.15, 0.2) is 34.8 Å². The molecule has 0 aromatic heterocycles. The van der Waals surface area contributed by atoms with E-state index in [1.807, 2.05) is 24.3 Å². The van der Waals surface area contributed by atoms with Crippen LogP contribution in [-0.2, 0) is 19.6 Å². The van der Waals surface area contributed by atoms with E-state index < -0.39 is 0 Å². The molecule has 0 amide bonds. The van der Waals surface area contributed by atoms with Crippen molar-refractivity contribution in [3.05, 3.63) is 61.6 Å². The largest absolute Gasteiger partial charge is 0.497 e. The second kappa shape index (κ2) is 6.78. The molecule has 3 rings (SSSR count). The quantitative estimate of drug-likeness (QED) is 0.570. The van der Waals surface area contributed by atoms with E-state index in [9.17, 15) is 10.1 Å². The first-order chi connectivity index (χ1) is 11.5. The van der Waals surface area contributed by atoms with Crippen molar-refractivity contribution in [3.63, 3.8) is 0 Å². The van der Waals surface area contributed by atoms with E-state index in [4.69, 9.17) is 9.47 Å². The number of rotatable bonds is 5. The van der Waals surface area contributed by atoms with Gasteiger partial charge in [0.15, 0.2) is 0 Å². The van der Waals surface area contributed by atoms with Gasteiger partial charge in [0.05, 0.1) is 19.1 Å². The van der Waals surface area contributed by atoms with Crippen LogP contribution < -0.4 is 9.47 Å². The number of hydrogen-bond acceptors (Lipinski definition) is 5. The van der Waals surface area contributed by atoms with E-state index in [1.165, 1.54) is 0 Å². The molecule has 0 saturated heterocycles. The second-order valence-corrected chi connectivity index (χ2v) is 6.56. The van der Waals surface area contributed by atoms with Gasteiger partial charge in [-0.3, -0.25) is 15.0 Å². The molecule has 0 radical (unpaired) electrons. The van der Waals surface area contributed by atoms with Crippen molar-refractivity contribution in [2.75, 3.05) is 14.2 Å². The Kier molecular flexibility index (Phi) is 4.73. The second-order valence-electron chi connectivity index (χ2n) is 5.64. The Morgan fingerprint density at radius 3 is 2.67 bits per heavy atom. The number of hydrogen-bond donors (Lipinski definition) is 0. The number of fused-ring (bicyclic) bond motifs is 1. The highest BCUT2D eigenvalue weighted by Gasteiger charge is 2.28. The monoisotopic (exact) mass is 392 g/mol. The zero-order chi connectivity index (χ0) is 17.3. The van der Waals surface area contributed by atoms with Crippen LogP contribution in [0.5, 0.6) is 11.5 Å². The highest BCUT2D eigenvalue weighted by atomic mass is 79.9. The highest BCUT2D eigenvalue weighted by Crippen LogP contribution is 2.35. The summed E-state index contributed by atoms with van der Waals surface area (Å²) in [5.41, 5.74) is 2.97. The maximum absolute atomic E-state index is 11.3. The molecular formula is C17H17BrN2O4. The van der Waals surface area contributed by atoms with Crippen LogP contribution >= 0.6 is 15.9 Å². The van der Waals surface area contributed by atoms with Gasteiger partial charge in [0.2, 0.25) is 0 Å². The molecule has 1 heterocycles. The number of nitro groups is 1. The first-order valence-electron chi connectivity index (χ1n) is 7.40. The molecule has 0 saturated carbocycles. The zero-order valence-corrected chi connectivity index (χ0v) is 15.0. The molecule has 0 aliphatic carbocycles.